The lowest BCUT2D eigenvalue weighted by Gasteiger charge is -2.13. The maximum atomic E-state index is 11.6. The molecule has 0 saturated carbocycles. The molecule has 7 heteroatoms. The van der Waals surface area contributed by atoms with Crippen LogP contribution in [0.1, 0.15) is 13.8 Å². The topological polar surface area (TPSA) is 67.4 Å². The summed E-state index contributed by atoms with van der Waals surface area (Å²) < 4.78 is 4.77. The molecule has 0 aliphatic carbocycles. The average molecular weight is 305 g/mol. The summed E-state index contributed by atoms with van der Waals surface area (Å²) in [6, 6.07) is 3.41. The van der Waals surface area contributed by atoms with Crippen molar-refractivity contribution in [3.05, 3.63) is 28.2 Å². The first-order valence-electron chi connectivity index (χ1n) is 5.63. The van der Waals surface area contributed by atoms with E-state index in [9.17, 15) is 9.59 Å². The number of carbonyl (C=O) groups is 2. The Morgan fingerprint density at radius 3 is 2.58 bits per heavy atom. The van der Waals surface area contributed by atoms with Gasteiger partial charge in [-0.15, -0.1) is 0 Å². The van der Waals surface area contributed by atoms with Crippen molar-refractivity contribution >= 4 is 40.9 Å². The van der Waals surface area contributed by atoms with Crippen LogP contribution in [-0.2, 0) is 9.53 Å². The van der Waals surface area contributed by atoms with Crippen LogP contribution in [0.15, 0.2) is 18.2 Å². The van der Waals surface area contributed by atoms with E-state index in [1.807, 2.05) is 0 Å². The number of esters is 1. The molecule has 1 atom stereocenters. The first kappa shape index (κ1) is 15.6. The minimum atomic E-state index is -0.734. The normalized spacial score (nSPS) is 11.6. The molecule has 1 unspecified atom stereocenters. The quantitative estimate of drug-likeness (QED) is 0.840. The van der Waals surface area contributed by atoms with Gasteiger partial charge < -0.3 is 15.4 Å². The number of rotatable bonds is 4. The van der Waals surface area contributed by atoms with Gasteiger partial charge in [-0.3, -0.25) is 0 Å². The van der Waals surface area contributed by atoms with Gasteiger partial charge in [-0.25, -0.2) is 9.59 Å². The molecule has 2 N–H and O–H groups in total. The highest BCUT2D eigenvalue weighted by atomic mass is 35.5. The highest BCUT2D eigenvalue weighted by Crippen LogP contribution is 2.24. The van der Waals surface area contributed by atoms with E-state index in [-0.39, 0.29) is 6.61 Å². The first-order chi connectivity index (χ1) is 8.93. The molecule has 0 aliphatic heterocycles. The molecule has 0 spiro atoms. The lowest BCUT2D eigenvalue weighted by atomic mass is 10.3. The zero-order valence-corrected chi connectivity index (χ0v) is 12.0. The fourth-order valence-corrected chi connectivity index (χ4v) is 1.56. The van der Waals surface area contributed by atoms with Gasteiger partial charge in [0.25, 0.3) is 0 Å². The summed E-state index contributed by atoms with van der Waals surface area (Å²) in [5.41, 5.74) is 0.475. The molecule has 1 aromatic carbocycles. The molecule has 0 fully saturated rings. The van der Waals surface area contributed by atoms with Gasteiger partial charge in [0.15, 0.2) is 0 Å². The van der Waals surface area contributed by atoms with Crippen LogP contribution in [0, 0.1) is 0 Å². The van der Waals surface area contributed by atoms with Gasteiger partial charge in [-0.05, 0) is 32.0 Å². The molecule has 0 heterocycles. The lowest BCUT2D eigenvalue weighted by molar-refractivity contribution is -0.144. The SMILES string of the molecule is CCOC(=O)C(C)NC(=O)Nc1ccc(Cl)c(Cl)c1. The van der Waals surface area contributed by atoms with Crippen LogP contribution in [0.5, 0.6) is 0 Å². The van der Waals surface area contributed by atoms with Crippen molar-refractivity contribution in [3.8, 4) is 0 Å². The van der Waals surface area contributed by atoms with Gasteiger partial charge in [0.1, 0.15) is 6.04 Å². The second-order valence-corrected chi connectivity index (χ2v) is 4.52. The molecule has 0 saturated heterocycles. The largest absolute Gasteiger partial charge is 0.464 e. The molecule has 2 amide bonds. The number of nitrogens with one attached hydrogen (secondary N) is 2. The minimum Gasteiger partial charge on any atom is -0.464 e. The van der Waals surface area contributed by atoms with E-state index in [0.29, 0.717) is 15.7 Å². The van der Waals surface area contributed by atoms with Crippen molar-refractivity contribution in [2.24, 2.45) is 0 Å². The number of hydrogen-bond donors (Lipinski definition) is 2. The van der Waals surface area contributed by atoms with Gasteiger partial charge in [0, 0.05) is 5.69 Å². The number of amides is 2. The highest BCUT2D eigenvalue weighted by Gasteiger charge is 2.16. The van der Waals surface area contributed by atoms with Gasteiger partial charge in [0.05, 0.1) is 16.7 Å². The van der Waals surface area contributed by atoms with Crippen molar-refractivity contribution < 1.29 is 14.3 Å². The Balaban J connectivity index is 2.55. The van der Waals surface area contributed by atoms with Crippen LogP contribution in [0.2, 0.25) is 10.0 Å². The third kappa shape index (κ3) is 4.96. The van der Waals surface area contributed by atoms with Crippen LogP contribution >= 0.6 is 23.2 Å². The van der Waals surface area contributed by atoms with E-state index < -0.39 is 18.0 Å². The van der Waals surface area contributed by atoms with Gasteiger partial charge >= 0.3 is 12.0 Å². The Hall–Kier alpha value is -1.46. The predicted molar refractivity (Wildman–Crippen MR) is 74.7 cm³/mol. The second kappa shape index (κ2) is 7.21. The van der Waals surface area contributed by atoms with E-state index >= 15 is 0 Å². The first-order valence-corrected chi connectivity index (χ1v) is 6.38. The molecule has 1 aromatic rings. The highest BCUT2D eigenvalue weighted by molar-refractivity contribution is 6.42. The monoisotopic (exact) mass is 304 g/mol. The van der Waals surface area contributed by atoms with E-state index in [1.165, 1.54) is 13.0 Å². The Labute approximate surface area is 121 Å². The molecular formula is C12H14Cl2N2O3. The number of hydrogen-bond acceptors (Lipinski definition) is 3. The maximum Gasteiger partial charge on any atom is 0.328 e. The van der Waals surface area contributed by atoms with Crippen molar-refractivity contribution in [2.45, 2.75) is 19.9 Å². The molecule has 0 radical (unpaired) electrons. The number of urea groups is 1. The van der Waals surface area contributed by atoms with E-state index in [1.54, 1.807) is 19.1 Å². The molecule has 0 bridgehead atoms. The summed E-state index contributed by atoms with van der Waals surface area (Å²) in [7, 11) is 0. The summed E-state index contributed by atoms with van der Waals surface area (Å²) in [5.74, 6) is -0.494. The van der Waals surface area contributed by atoms with Crippen LogP contribution < -0.4 is 10.6 Å². The molecule has 0 aromatic heterocycles. The van der Waals surface area contributed by atoms with Gasteiger partial charge in [-0.1, -0.05) is 23.2 Å². The summed E-state index contributed by atoms with van der Waals surface area (Å²) in [5, 5.41) is 5.71. The standard InChI is InChI=1S/C12H14Cl2N2O3/c1-3-19-11(17)7(2)15-12(18)16-8-4-5-9(13)10(14)6-8/h4-7H,3H2,1-2H3,(H2,15,16,18). The van der Waals surface area contributed by atoms with Crippen LogP contribution in [0.4, 0.5) is 10.5 Å². The average Bonchev–Trinajstić information content (AvgIpc) is 2.34. The number of halogens is 2. The Morgan fingerprint density at radius 1 is 1.32 bits per heavy atom. The molecule has 0 aliphatic rings. The third-order valence-electron chi connectivity index (χ3n) is 2.17. The minimum absolute atomic E-state index is 0.263. The van der Waals surface area contributed by atoms with E-state index in [2.05, 4.69) is 10.6 Å². The van der Waals surface area contributed by atoms with Crippen LogP contribution in [0.25, 0.3) is 0 Å². The van der Waals surface area contributed by atoms with E-state index in [4.69, 9.17) is 27.9 Å². The fourth-order valence-electron chi connectivity index (χ4n) is 1.26. The molecule has 1 rings (SSSR count). The smallest absolute Gasteiger partial charge is 0.328 e. The number of benzene rings is 1. The summed E-state index contributed by atoms with van der Waals surface area (Å²) in [6.07, 6.45) is 0. The van der Waals surface area contributed by atoms with Gasteiger partial charge in [-0.2, -0.15) is 0 Å². The van der Waals surface area contributed by atoms with Crippen LogP contribution in [0.3, 0.4) is 0 Å². The van der Waals surface area contributed by atoms with E-state index in [0.717, 1.165) is 0 Å². The summed E-state index contributed by atoms with van der Waals surface area (Å²) >= 11 is 11.6. The molecule has 104 valence electrons. The second-order valence-electron chi connectivity index (χ2n) is 3.70. The van der Waals surface area contributed by atoms with Gasteiger partial charge in [0.2, 0.25) is 0 Å². The zero-order chi connectivity index (χ0) is 14.4. The van der Waals surface area contributed by atoms with Crippen molar-refractivity contribution in [1.29, 1.82) is 0 Å². The molecular weight excluding hydrogens is 291 g/mol. The maximum absolute atomic E-state index is 11.6. The Morgan fingerprint density at radius 2 is 2.00 bits per heavy atom. The number of ether oxygens (including phenoxy) is 1. The molecule has 19 heavy (non-hydrogen) atoms. The predicted octanol–water partition coefficient (Wildman–Crippen LogP) is 3.07. The van der Waals surface area contributed by atoms with Crippen molar-refractivity contribution in [2.75, 3.05) is 11.9 Å². The summed E-state index contributed by atoms with van der Waals surface area (Å²) in [6.45, 7) is 3.49. The molecule has 5 nitrogen and oxygen atoms in total. The Kier molecular flexibility index (Phi) is 5.92. The number of carbonyl (C=O) groups excluding carboxylic acids is 2. The lowest BCUT2D eigenvalue weighted by Crippen LogP contribution is -2.41. The van der Waals surface area contributed by atoms with Crippen molar-refractivity contribution in [3.63, 3.8) is 0 Å². The fraction of sp³-hybridized carbons (Fsp3) is 0.333. The third-order valence-corrected chi connectivity index (χ3v) is 2.90. The zero-order valence-electron chi connectivity index (χ0n) is 10.5. The van der Waals surface area contributed by atoms with Crippen molar-refractivity contribution in [1.82, 2.24) is 5.32 Å². The Bertz CT molecular complexity index is 480. The van der Waals surface area contributed by atoms with Crippen LogP contribution in [-0.4, -0.2) is 24.6 Å². The number of anilines is 1. The summed E-state index contributed by atoms with van der Waals surface area (Å²) in [4.78, 5) is 22.9.